The van der Waals surface area contributed by atoms with Gasteiger partial charge in [0.2, 0.25) is 5.91 Å². The smallest absolute Gasteiger partial charge is 0.338 e. The van der Waals surface area contributed by atoms with Crippen molar-refractivity contribution >= 4 is 5.91 Å². The molecule has 3 fully saturated rings. The Bertz CT molecular complexity index is 363. The number of carbonyl (C=O) groups excluding carboxylic acids is 1. The second-order valence-electron chi connectivity index (χ2n) is 6.10. The summed E-state index contributed by atoms with van der Waals surface area (Å²) in [6.07, 6.45) is -0.430. The predicted octanol–water partition coefficient (Wildman–Crippen LogP) is 1.93. The van der Waals surface area contributed by atoms with Crippen molar-refractivity contribution in [2.45, 2.75) is 50.4 Å². The largest absolute Gasteiger partial charge is 0.393 e. The van der Waals surface area contributed by atoms with Crippen LogP contribution in [0.15, 0.2) is 0 Å². The Kier molecular flexibility index (Phi) is 3.23. The summed E-state index contributed by atoms with van der Waals surface area (Å²) in [6.45, 7) is 0.687. The first kappa shape index (κ1) is 13.2. The Morgan fingerprint density at radius 3 is 2.42 bits per heavy atom. The van der Waals surface area contributed by atoms with Crippen LogP contribution in [0.1, 0.15) is 32.1 Å². The summed E-state index contributed by atoms with van der Waals surface area (Å²) < 4.78 is 37.7. The number of hydrogen-bond acceptors (Lipinski definition) is 2. The molecular weight excluding hydrogens is 257 g/mol. The number of piperidine rings is 2. The molecule has 3 nitrogen and oxygen atoms in total. The second-order valence-corrected chi connectivity index (χ2v) is 6.10. The molecule has 6 heteroatoms. The van der Waals surface area contributed by atoms with E-state index in [0.717, 1.165) is 19.4 Å². The number of rotatable bonds is 1. The van der Waals surface area contributed by atoms with Crippen molar-refractivity contribution in [2.24, 2.45) is 11.8 Å². The summed E-state index contributed by atoms with van der Waals surface area (Å²) >= 11 is 0. The van der Waals surface area contributed by atoms with Gasteiger partial charge < -0.3 is 10.2 Å². The number of likely N-dealkylation sites (tertiary alicyclic amines) is 1. The van der Waals surface area contributed by atoms with Gasteiger partial charge in [0.25, 0.3) is 0 Å². The van der Waals surface area contributed by atoms with Gasteiger partial charge in [0.1, 0.15) is 0 Å². The molecular formula is C13H19F3N2O. The van der Waals surface area contributed by atoms with Gasteiger partial charge in [-0.25, -0.2) is 0 Å². The maximum atomic E-state index is 12.6. The lowest BCUT2D eigenvalue weighted by Gasteiger charge is -2.35. The highest BCUT2D eigenvalue weighted by atomic mass is 19.4. The van der Waals surface area contributed by atoms with E-state index in [9.17, 15) is 18.0 Å². The van der Waals surface area contributed by atoms with Gasteiger partial charge in [0.15, 0.2) is 0 Å². The van der Waals surface area contributed by atoms with Gasteiger partial charge in [-0.05, 0) is 38.0 Å². The van der Waals surface area contributed by atoms with Gasteiger partial charge in [-0.2, -0.15) is 13.2 Å². The highest BCUT2D eigenvalue weighted by Crippen LogP contribution is 2.38. The number of halogens is 3. The molecule has 0 aromatic rings. The summed E-state index contributed by atoms with van der Waals surface area (Å²) in [5, 5.41) is 2.80. The molecule has 0 spiro atoms. The van der Waals surface area contributed by atoms with Crippen LogP contribution in [0.3, 0.4) is 0 Å². The molecule has 19 heavy (non-hydrogen) atoms. The van der Waals surface area contributed by atoms with Crippen LogP contribution >= 0.6 is 0 Å². The Morgan fingerprint density at radius 2 is 1.95 bits per heavy atom. The summed E-state index contributed by atoms with van der Waals surface area (Å²) in [5.41, 5.74) is 0. The zero-order valence-electron chi connectivity index (χ0n) is 10.7. The Morgan fingerprint density at radius 1 is 1.16 bits per heavy atom. The van der Waals surface area contributed by atoms with Crippen LogP contribution in [-0.4, -0.2) is 42.2 Å². The number of nitrogens with one attached hydrogen (secondary N) is 1. The molecule has 4 unspecified atom stereocenters. The van der Waals surface area contributed by atoms with Crippen LogP contribution in [-0.2, 0) is 4.79 Å². The molecule has 108 valence electrons. The molecule has 2 saturated heterocycles. The number of fused-ring (bicyclic) bond motifs is 2. The van der Waals surface area contributed by atoms with Gasteiger partial charge in [0.05, 0.1) is 12.0 Å². The quantitative estimate of drug-likeness (QED) is 0.793. The monoisotopic (exact) mass is 276 g/mol. The normalized spacial score (nSPS) is 38.8. The minimum absolute atomic E-state index is 0.0211. The van der Waals surface area contributed by atoms with Crippen LogP contribution < -0.4 is 5.32 Å². The van der Waals surface area contributed by atoms with Crippen molar-refractivity contribution in [2.75, 3.05) is 13.1 Å². The lowest BCUT2D eigenvalue weighted by atomic mass is 9.93. The number of hydrogen-bond donors (Lipinski definition) is 1. The molecule has 1 N–H and O–H groups in total. The van der Waals surface area contributed by atoms with Gasteiger partial charge in [-0.15, -0.1) is 0 Å². The predicted molar refractivity (Wildman–Crippen MR) is 63.4 cm³/mol. The fraction of sp³-hybridized carbons (Fsp3) is 0.923. The van der Waals surface area contributed by atoms with E-state index in [-0.39, 0.29) is 18.9 Å². The molecule has 2 bridgehead atoms. The molecule has 3 rings (SSSR count). The topological polar surface area (TPSA) is 32.3 Å². The van der Waals surface area contributed by atoms with Crippen molar-refractivity contribution in [3.05, 3.63) is 0 Å². The SMILES string of the molecule is O=C(C1CCC(C(F)(F)F)CN1)N1CC2CCC1C2. The van der Waals surface area contributed by atoms with Gasteiger partial charge >= 0.3 is 6.18 Å². The fourth-order valence-corrected chi connectivity index (χ4v) is 3.74. The number of nitrogens with zero attached hydrogens (tertiary/aromatic N) is 1. The van der Waals surface area contributed by atoms with E-state index in [1.54, 1.807) is 0 Å². The van der Waals surface area contributed by atoms with Gasteiger partial charge in [-0.1, -0.05) is 0 Å². The first-order chi connectivity index (χ1) is 8.95. The van der Waals surface area contributed by atoms with Crippen LogP contribution in [0.2, 0.25) is 0 Å². The lowest BCUT2D eigenvalue weighted by Crippen LogP contribution is -2.53. The zero-order valence-corrected chi connectivity index (χ0v) is 10.7. The van der Waals surface area contributed by atoms with Crippen LogP contribution in [0.4, 0.5) is 13.2 Å². The molecule has 3 aliphatic rings. The Labute approximate surface area is 110 Å². The third-order valence-electron chi connectivity index (χ3n) is 4.87. The van der Waals surface area contributed by atoms with E-state index < -0.39 is 18.1 Å². The molecule has 2 heterocycles. The van der Waals surface area contributed by atoms with E-state index in [4.69, 9.17) is 0 Å². The Balaban J connectivity index is 1.55. The number of carbonyl (C=O) groups is 1. The van der Waals surface area contributed by atoms with Crippen LogP contribution in [0, 0.1) is 11.8 Å². The average molecular weight is 276 g/mol. The molecule has 1 saturated carbocycles. The highest BCUT2D eigenvalue weighted by Gasteiger charge is 2.45. The average Bonchev–Trinajstić information content (AvgIpc) is 2.99. The zero-order chi connectivity index (χ0) is 13.6. The van der Waals surface area contributed by atoms with E-state index in [0.29, 0.717) is 18.4 Å². The van der Waals surface area contributed by atoms with Gasteiger partial charge in [-0.3, -0.25) is 4.79 Å². The van der Waals surface area contributed by atoms with Crippen molar-refractivity contribution < 1.29 is 18.0 Å². The summed E-state index contributed by atoms with van der Waals surface area (Å²) in [7, 11) is 0. The van der Waals surface area contributed by atoms with Crippen LogP contribution in [0.25, 0.3) is 0 Å². The summed E-state index contributed by atoms with van der Waals surface area (Å²) in [4.78, 5) is 14.2. The molecule has 0 aromatic carbocycles. The first-order valence-corrected chi connectivity index (χ1v) is 7.05. The summed E-state index contributed by atoms with van der Waals surface area (Å²) in [5.74, 6) is -0.653. The maximum absolute atomic E-state index is 12.6. The number of amides is 1. The van der Waals surface area contributed by atoms with Crippen molar-refractivity contribution in [1.29, 1.82) is 0 Å². The van der Waals surface area contributed by atoms with Crippen molar-refractivity contribution in [3.8, 4) is 0 Å². The molecule has 1 amide bonds. The van der Waals surface area contributed by atoms with Crippen LogP contribution in [0.5, 0.6) is 0 Å². The molecule has 1 aliphatic carbocycles. The van der Waals surface area contributed by atoms with E-state index in [1.807, 2.05) is 4.90 Å². The first-order valence-electron chi connectivity index (χ1n) is 7.05. The lowest BCUT2D eigenvalue weighted by molar-refractivity contribution is -0.180. The van der Waals surface area contributed by atoms with Gasteiger partial charge in [0, 0.05) is 19.1 Å². The maximum Gasteiger partial charge on any atom is 0.393 e. The molecule has 0 aromatic heterocycles. The minimum atomic E-state index is -4.15. The minimum Gasteiger partial charge on any atom is -0.338 e. The molecule has 0 radical (unpaired) electrons. The standard InChI is InChI=1S/C13H19F3N2O/c14-13(15,16)9-2-4-11(17-6-9)12(19)18-7-8-1-3-10(18)5-8/h8-11,17H,1-7H2. The van der Waals surface area contributed by atoms with E-state index >= 15 is 0 Å². The Hall–Kier alpha value is -0.780. The third kappa shape index (κ3) is 2.47. The molecule has 4 atom stereocenters. The van der Waals surface area contributed by atoms with Crippen molar-refractivity contribution in [3.63, 3.8) is 0 Å². The summed E-state index contributed by atoms with van der Waals surface area (Å²) in [6, 6.07) is -0.0578. The van der Waals surface area contributed by atoms with E-state index in [2.05, 4.69) is 5.32 Å². The molecule has 2 aliphatic heterocycles. The van der Waals surface area contributed by atoms with Crippen molar-refractivity contribution in [1.82, 2.24) is 10.2 Å². The second kappa shape index (κ2) is 4.65. The number of alkyl halides is 3. The third-order valence-corrected chi connectivity index (χ3v) is 4.87. The fourth-order valence-electron chi connectivity index (χ4n) is 3.74. The van der Waals surface area contributed by atoms with E-state index in [1.165, 1.54) is 6.42 Å². The highest BCUT2D eigenvalue weighted by molar-refractivity contribution is 5.82.